The van der Waals surface area contributed by atoms with Crippen LogP contribution in [-0.4, -0.2) is 27.9 Å². The summed E-state index contributed by atoms with van der Waals surface area (Å²) >= 11 is 0. The normalized spacial score (nSPS) is 11.1. The molecule has 2 rings (SSSR count). The number of para-hydroxylation sites is 1. The molecule has 2 aromatic rings. The predicted molar refractivity (Wildman–Crippen MR) is 70.1 cm³/mol. The van der Waals surface area contributed by atoms with Gasteiger partial charge < -0.3 is 9.47 Å². The molecule has 0 aliphatic carbocycles. The molecule has 0 radical (unpaired) electrons. The average molecular weight is 260 g/mol. The van der Waals surface area contributed by atoms with E-state index < -0.39 is 11.7 Å². The van der Waals surface area contributed by atoms with Crippen molar-refractivity contribution in [3.8, 4) is 5.75 Å². The molecule has 0 amide bonds. The maximum absolute atomic E-state index is 11.8. The number of nitrogens with zero attached hydrogens (tertiary/aromatic N) is 2. The van der Waals surface area contributed by atoms with E-state index in [9.17, 15) is 4.79 Å². The van der Waals surface area contributed by atoms with Crippen molar-refractivity contribution >= 4 is 6.09 Å². The fourth-order valence-electron chi connectivity index (χ4n) is 1.46. The minimum atomic E-state index is -0.725. The molecule has 0 unspecified atom stereocenters. The van der Waals surface area contributed by atoms with E-state index in [1.54, 1.807) is 13.8 Å². The third-order valence-corrected chi connectivity index (χ3v) is 2.41. The van der Waals surface area contributed by atoms with Crippen LogP contribution in [0.5, 0.6) is 5.75 Å². The Balaban J connectivity index is 1.90. The van der Waals surface area contributed by atoms with Crippen LogP contribution in [0.4, 0.5) is 4.79 Å². The topological polar surface area (TPSA) is 53.4 Å². The lowest BCUT2D eigenvalue weighted by Gasteiger charge is -2.25. The van der Waals surface area contributed by atoms with Gasteiger partial charge in [-0.05, 0) is 26.0 Å². The van der Waals surface area contributed by atoms with Crippen LogP contribution in [0.1, 0.15) is 13.8 Å². The standard InChI is InChI=1S/C14H16N2O3/c1-14(2,10-18-12-6-4-3-5-7-12)19-13(17)16-9-8-15-11-16/h3-9,11H,10H2,1-2H3. The highest BCUT2D eigenvalue weighted by molar-refractivity contribution is 5.70. The minimum absolute atomic E-state index is 0.275. The quantitative estimate of drug-likeness (QED) is 0.848. The number of hydrogen-bond acceptors (Lipinski definition) is 4. The number of benzene rings is 1. The molecule has 0 N–H and O–H groups in total. The van der Waals surface area contributed by atoms with Gasteiger partial charge >= 0.3 is 6.09 Å². The van der Waals surface area contributed by atoms with Crippen LogP contribution in [0.15, 0.2) is 49.1 Å². The van der Waals surface area contributed by atoms with Crippen molar-refractivity contribution in [1.82, 2.24) is 9.55 Å². The highest BCUT2D eigenvalue weighted by Crippen LogP contribution is 2.15. The van der Waals surface area contributed by atoms with Crippen molar-refractivity contribution < 1.29 is 14.3 Å². The van der Waals surface area contributed by atoms with Crippen LogP contribution < -0.4 is 4.74 Å². The summed E-state index contributed by atoms with van der Waals surface area (Å²) in [5, 5.41) is 0. The Morgan fingerprint density at radius 3 is 2.68 bits per heavy atom. The molecule has 0 saturated carbocycles. The van der Waals surface area contributed by atoms with Gasteiger partial charge in [-0.2, -0.15) is 0 Å². The number of imidazole rings is 1. The zero-order chi connectivity index (χ0) is 13.7. The van der Waals surface area contributed by atoms with E-state index in [0.717, 1.165) is 5.75 Å². The van der Waals surface area contributed by atoms with Crippen molar-refractivity contribution in [3.05, 3.63) is 49.1 Å². The smallest absolute Gasteiger partial charge is 0.419 e. The first-order valence-electron chi connectivity index (χ1n) is 5.96. The molecule has 1 aromatic heterocycles. The lowest BCUT2D eigenvalue weighted by molar-refractivity contribution is 0.00498. The van der Waals surface area contributed by atoms with Gasteiger partial charge in [0.15, 0.2) is 0 Å². The van der Waals surface area contributed by atoms with E-state index in [1.165, 1.54) is 23.3 Å². The molecule has 100 valence electrons. The highest BCUT2D eigenvalue weighted by atomic mass is 16.6. The molecule has 19 heavy (non-hydrogen) atoms. The van der Waals surface area contributed by atoms with Crippen LogP contribution in [0.3, 0.4) is 0 Å². The van der Waals surface area contributed by atoms with E-state index in [0.29, 0.717) is 0 Å². The van der Waals surface area contributed by atoms with Gasteiger partial charge in [0.2, 0.25) is 0 Å². The second kappa shape index (κ2) is 5.56. The Morgan fingerprint density at radius 2 is 2.05 bits per heavy atom. The van der Waals surface area contributed by atoms with Gasteiger partial charge in [-0.3, -0.25) is 0 Å². The average Bonchev–Trinajstić information content (AvgIpc) is 2.91. The highest BCUT2D eigenvalue weighted by Gasteiger charge is 2.24. The predicted octanol–water partition coefficient (Wildman–Crippen LogP) is 2.73. The number of carbonyl (C=O) groups excluding carboxylic acids is 1. The van der Waals surface area contributed by atoms with Gasteiger partial charge in [-0.25, -0.2) is 14.3 Å². The van der Waals surface area contributed by atoms with E-state index in [2.05, 4.69) is 4.98 Å². The van der Waals surface area contributed by atoms with Crippen molar-refractivity contribution in [1.29, 1.82) is 0 Å². The Hall–Kier alpha value is -2.30. The molecule has 0 bridgehead atoms. The number of ether oxygens (including phenoxy) is 2. The van der Waals surface area contributed by atoms with E-state index in [-0.39, 0.29) is 6.61 Å². The van der Waals surface area contributed by atoms with Crippen molar-refractivity contribution in [2.24, 2.45) is 0 Å². The fourth-order valence-corrected chi connectivity index (χ4v) is 1.46. The first-order chi connectivity index (χ1) is 9.07. The Kier molecular flexibility index (Phi) is 3.85. The van der Waals surface area contributed by atoms with Gasteiger partial charge in [-0.1, -0.05) is 18.2 Å². The third kappa shape index (κ3) is 3.84. The van der Waals surface area contributed by atoms with E-state index >= 15 is 0 Å². The van der Waals surface area contributed by atoms with Crippen LogP contribution in [0.2, 0.25) is 0 Å². The molecule has 0 aliphatic heterocycles. The summed E-state index contributed by atoms with van der Waals surface area (Å²) in [7, 11) is 0. The zero-order valence-corrected chi connectivity index (χ0v) is 10.9. The lowest BCUT2D eigenvalue weighted by atomic mass is 10.1. The Labute approximate surface area is 111 Å². The Bertz CT molecular complexity index is 521. The van der Waals surface area contributed by atoms with Gasteiger partial charge in [0.05, 0.1) is 0 Å². The van der Waals surface area contributed by atoms with Crippen LogP contribution >= 0.6 is 0 Å². The maximum atomic E-state index is 11.8. The van der Waals surface area contributed by atoms with E-state index in [1.807, 2.05) is 30.3 Å². The van der Waals surface area contributed by atoms with Gasteiger partial charge in [-0.15, -0.1) is 0 Å². The largest absolute Gasteiger partial charge is 0.489 e. The summed E-state index contributed by atoms with van der Waals surface area (Å²) in [4.78, 5) is 15.6. The van der Waals surface area contributed by atoms with Crippen molar-refractivity contribution in [2.75, 3.05) is 6.61 Å². The molecular weight excluding hydrogens is 244 g/mol. The van der Waals surface area contributed by atoms with Gasteiger partial charge in [0.1, 0.15) is 24.3 Å². The molecule has 0 aliphatic rings. The number of aromatic nitrogens is 2. The summed E-state index contributed by atoms with van der Waals surface area (Å²) < 4.78 is 12.2. The summed E-state index contributed by atoms with van der Waals surface area (Å²) in [6.45, 7) is 3.87. The third-order valence-electron chi connectivity index (χ3n) is 2.41. The maximum Gasteiger partial charge on any atom is 0.419 e. The molecule has 0 spiro atoms. The summed E-state index contributed by atoms with van der Waals surface area (Å²) in [5.41, 5.74) is -0.725. The summed E-state index contributed by atoms with van der Waals surface area (Å²) in [6, 6.07) is 9.40. The second-order valence-corrected chi connectivity index (χ2v) is 4.70. The molecule has 0 atom stereocenters. The SMILES string of the molecule is CC(C)(COc1ccccc1)OC(=O)n1ccnc1. The summed E-state index contributed by atoms with van der Waals surface area (Å²) in [5.74, 6) is 0.745. The van der Waals surface area contributed by atoms with Crippen molar-refractivity contribution in [2.45, 2.75) is 19.4 Å². The van der Waals surface area contributed by atoms with Gasteiger partial charge in [0, 0.05) is 12.4 Å². The second-order valence-electron chi connectivity index (χ2n) is 4.70. The lowest BCUT2D eigenvalue weighted by Crippen LogP contribution is -2.36. The molecule has 1 aromatic carbocycles. The number of rotatable bonds is 4. The van der Waals surface area contributed by atoms with Crippen LogP contribution in [-0.2, 0) is 4.74 Å². The molecule has 0 fully saturated rings. The van der Waals surface area contributed by atoms with Crippen LogP contribution in [0, 0.1) is 0 Å². The van der Waals surface area contributed by atoms with E-state index in [4.69, 9.17) is 9.47 Å². The van der Waals surface area contributed by atoms with Crippen molar-refractivity contribution in [3.63, 3.8) is 0 Å². The zero-order valence-electron chi connectivity index (χ0n) is 10.9. The number of carbonyl (C=O) groups is 1. The molecule has 5 heteroatoms. The molecule has 5 nitrogen and oxygen atoms in total. The first kappa shape index (κ1) is 13.1. The Morgan fingerprint density at radius 1 is 1.32 bits per heavy atom. The monoisotopic (exact) mass is 260 g/mol. The molecular formula is C14H16N2O3. The fraction of sp³-hybridized carbons (Fsp3) is 0.286. The number of hydrogen-bond donors (Lipinski definition) is 0. The first-order valence-corrected chi connectivity index (χ1v) is 5.96. The minimum Gasteiger partial charge on any atom is -0.489 e. The van der Waals surface area contributed by atoms with Gasteiger partial charge in [0.25, 0.3) is 0 Å². The molecule has 0 saturated heterocycles. The van der Waals surface area contributed by atoms with Crippen LogP contribution in [0.25, 0.3) is 0 Å². The molecule has 1 heterocycles. The summed E-state index contributed by atoms with van der Waals surface area (Å²) in [6.07, 6.45) is 3.99.